The van der Waals surface area contributed by atoms with Crippen molar-refractivity contribution in [1.29, 1.82) is 0 Å². The summed E-state index contributed by atoms with van der Waals surface area (Å²) < 4.78 is 5.48. The minimum absolute atomic E-state index is 0.0239. The predicted octanol–water partition coefficient (Wildman–Crippen LogP) is 2.89. The Morgan fingerprint density at radius 2 is 2.00 bits per heavy atom. The molecule has 0 atom stereocenters. The van der Waals surface area contributed by atoms with Crippen molar-refractivity contribution in [3.63, 3.8) is 0 Å². The molecule has 1 saturated carbocycles. The molecular weight excluding hydrogens is 292 g/mol. The van der Waals surface area contributed by atoms with E-state index in [-0.39, 0.29) is 29.9 Å². The fourth-order valence-electron chi connectivity index (χ4n) is 2.73. The van der Waals surface area contributed by atoms with E-state index in [0.29, 0.717) is 12.2 Å². The van der Waals surface area contributed by atoms with E-state index in [2.05, 4.69) is 10.6 Å². The van der Waals surface area contributed by atoms with Crippen LogP contribution in [0, 0.1) is 12.8 Å². The molecule has 1 fully saturated rings. The number of carbonyl (C=O) groups is 2. The minimum atomic E-state index is -0.0890. The second-order valence-electron chi connectivity index (χ2n) is 6.39. The van der Waals surface area contributed by atoms with Crippen molar-refractivity contribution >= 4 is 17.5 Å². The summed E-state index contributed by atoms with van der Waals surface area (Å²) in [5.74, 6) is -0.0376. The highest BCUT2D eigenvalue weighted by Gasteiger charge is 2.34. The van der Waals surface area contributed by atoms with Gasteiger partial charge >= 0.3 is 0 Å². The van der Waals surface area contributed by atoms with E-state index in [9.17, 15) is 9.59 Å². The monoisotopic (exact) mass is 318 g/mol. The van der Waals surface area contributed by atoms with Crippen molar-refractivity contribution < 1.29 is 14.3 Å². The quantitative estimate of drug-likeness (QED) is 0.847. The third kappa shape index (κ3) is 4.55. The van der Waals surface area contributed by atoms with Crippen LogP contribution in [0.5, 0.6) is 0 Å². The summed E-state index contributed by atoms with van der Waals surface area (Å²) in [4.78, 5) is 24.2. The lowest BCUT2D eigenvalue weighted by atomic mass is 9.81. The molecule has 5 nitrogen and oxygen atoms in total. The number of aryl methyl sites for hydroxylation is 1. The normalized spacial score (nSPS) is 20.0. The van der Waals surface area contributed by atoms with E-state index < -0.39 is 0 Å². The molecule has 2 amide bonds. The molecule has 1 aliphatic rings. The van der Waals surface area contributed by atoms with Gasteiger partial charge in [0, 0.05) is 29.8 Å². The van der Waals surface area contributed by atoms with E-state index in [1.54, 1.807) is 12.1 Å². The lowest BCUT2D eigenvalue weighted by molar-refractivity contribution is -0.128. The number of rotatable bonds is 6. The Kier molecular flexibility index (Phi) is 5.77. The van der Waals surface area contributed by atoms with Gasteiger partial charge in [0.15, 0.2) is 0 Å². The highest BCUT2D eigenvalue weighted by atomic mass is 16.5. The summed E-state index contributed by atoms with van der Waals surface area (Å²) in [5.41, 5.74) is 2.21. The Labute approximate surface area is 137 Å². The van der Waals surface area contributed by atoms with Crippen molar-refractivity contribution in [3.05, 3.63) is 29.3 Å². The lowest BCUT2D eigenvalue weighted by Crippen LogP contribution is -2.39. The summed E-state index contributed by atoms with van der Waals surface area (Å²) in [6.07, 6.45) is 1.79. The fourth-order valence-corrected chi connectivity index (χ4v) is 2.73. The van der Waals surface area contributed by atoms with Gasteiger partial charge in [0.2, 0.25) is 5.91 Å². The molecule has 5 heteroatoms. The molecule has 0 radical (unpaired) electrons. The summed E-state index contributed by atoms with van der Waals surface area (Å²) >= 11 is 0. The molecule has 0 aliphatic heterocycles. The molecule has 1 aromatic rings. The first-order valence-corrected chi connectivity index (χ1v) is 8.24. The van der Waals surface area contributed by atoms with Crippen molar-refractivity contribution in [2.75, 3.05) is 11.9 Å². The number of nitrogens with one attached hydrogen (secondary N) is 2. The number of benzene rings is 1. The minimum Gasteiger partial charge on any atom is -0.378 e. The van der Waals surface area contributed by atoms with Crippen LogP contribution < -0.4 is 10.6 Å². The predicted molar refractivity (Wildman–Crippen MR) is 90.5 cm³/mol. The van der Waals surface area contributed by atoms with Crippen LogP contribution in [0.2, 0.25) is 0 Å². The fraction of sp³-hybridized carbons (Fsp3) is 0.556. The van der Waals surface area contributed by atoms with Crippen LogP contribution in [-0.4, -0.2) is 30.6 Å². The third-order valence-corrected chi connectivity index (χ3v) is 4.03. The van der Waals surface area contributed by atoms with Crippen molar-refractivity contribution in [2.24, 2.45) is 5.92 Å². The second kappa shape index (κ2) is 7.59. The molecular formula is C18H26N2O3. The van der Waals surface area contributed by atoms with Crippen LogP contribution in [0.1, 0.15) is 49.5 Å². The van der Waals surface area contributed by atoms with E-state index in [4.69, 9.17) is 4.74 Å². The smallest absolute Gasteiger partial charge is 0.251 e. The molecule has 1 aromatic carbocycles. The zero-order chi connectivity index (χ0) is 17.0. The van der Waals surface area contributed by atoms with Crippen LogP contribution in [0.4, 0.5) is 5.69 Å². The molecule has 2 rings (SSSR count). The summed E-state index contributed by atoms with van der Waals surface area (Å²) in [5, 5.41) is 5.80. The van der Waals surface area contributed by atoms with Crippen molar-refractivity contribution in [1.82, 2.24) is 5.32 Å². The molecule has 23 heavy (non-hydrogen) atoms. The van der Waals surface area contributed by atoms with Crippen LogP contribution in [0.25, 0.3) is 0 Å². The molecule has 0 spiro atoms. The number of hydrogen-bond acceptors (Lipinski definition) is 3. The van der Waals surface area contributed by atoms with E-state index in [1.807, 2.05) is 33.8 Å². The average molecular weight is 318 g/mol. The van der Waals surface area contributed by atoms with Crippen LogP contribution in [0.3, 0.4) is 0 Å². The summed E-state index contributed by atoms with van der Waals surface area (Å²) in [6, 6.07) is 5.47. The molecule has 2 N–H and O–H groups in total. The third-order valence-electron chi connectivity index (χ3n) is 4.03. The van der Waals surface area contributed by atoms with Gasteiger partial charge in [-0.2, -0.15) is 0 Å². The Bertz CT molecular complexity index is 578. The molecule has 1 aliphatic carbocycles. The van der Waals surface area contributed by atoms with E-state index >= 15 is 0 Å². The van der Waals surface area contributed by atoms with Crippen molar-refractivity contribution in [2.45, 2.75) is 52.7 Å². The maximum atomic E-state index is 12.2. The highest BCUT2D eigenvalue weighted by Crippen LogP contribution is 2.31. The number of hydrogen-bond donors (Lipinski definition) is 2. The Balaban J connectivity index is 1.93. The van der Waals surface area contributed by atoms with Gasteiger partial charge in [0.1, 0.15) is 0 Å². The SMILES string of the molecule is CCOC1CC(C(=O)Nc2ccc(C(=O)NC(C)C)c(C)c2)C1. The number of anilines is 1. The zero-order valence-electron chi connectivity index (χ0n) is 14.3. The molecule has 0 aromatic heterocycles. The largest absolute Gasteiger partial charge is 0.378 e. The topological polar surface area (TPSA) is 67.4 Å². The molecule has 0 unspecified atom stereocenters. The zero-order valence-corrected chi connectivity index (χ0v) is 14.3. The van der Waals surface area contributed by atoms with Gasteiger partial charge in [-0.3, -0.25) is 9.59 Å². The average Bonchev–Trinajstić information content (AvgIpc) is 2.41. The van der Waals surface area contributed by atoms with Gasteiger partial charge in [-0.1, -0.05) is 0 Å². The van der Waals surface area contributed by atoms with Gasteiger partial charge in [0.05, 0.1) is 6.10 Å². The first-order valence-electron chi connectivity index (χ1n) is 8.24. The van der Waals surface area contributed by atoms with Crippen LogP contribution in [0.15, 0.2) is 18.2 Å². The number of amides is 2. The molecule has 0 heterocycles. The Morgan fingerprint density at radius 1 is 1.30 bits per heavy atom. The lowest BCUT2D eigenvalue weighted by Gasteiger charge is -2.33. The molecule has 126 valence electrons. The summed E-state index contributed by atoms with van der Waals surface area (Å²) in [6.45, 7) is 8.39. The van der Waals surface area contributed by atoms with Gasteiger partial charge in [-0.05, 0) is 64.3 Å². The highest BCUT2D eigenvalue weighted by molar-refractivity contribution is 5.97. The standard InChI is InChI=1S/C18H26N2O3/c1-5-23-15-9-13(10-15)17(21)20-14-6-7-16(12(4)8-14)18(22)19-11(2)3/h6-8,11,13,15H,5,9-10H2,1-4H3,(H,19,22)(H,20,21). The Hall–Kier alpha value is -1.88. The Morgan fingerprint density at radius 3 is 2.57 bits per heavy atom. The van der Waals surface area contributed by atoms with E-state index in [1.165, 1.54) is 0 Å². The number of ether oxygens (including phenoxy) is 1. The molecule has 0 bridgehead atoms. The van der Waals surface area contributed by atoms with Gasteiger partial charge in [-0.15, -0.1) is 0 Å². The van der Waals surface area contributed by atoms with Gasteiger partial charge < -0.3 is 15.4 Å². The van der Waals surface area contributed by atoms with Crippen molar-refractivity contribution in [3.8, 4) is 0 Å². The second-order valence-corrected chi connectivity index (χ2v) is 6.39. The summed E-state index contributed by atoms with van der Waals surface area (Å²) in [7, 11) is 0. The maximum absolute atomic E-state index is 12.2. The first-order chi connectivity index (χ1) is 10.9. The maximum Gasteiger partial charge on any atom is 0.251 e. The number of carbonyl (C=O) groups excluding carboxylic acids is 2. The van der Waals surface area contributed by atoms with E-state index in [0.717, 1.165) is 24.1 Å². The van der Waals surface area contributed by atoms with Crippen LogP contribution in [-0.2, 0) is 9.53 Å². The molecule has 0 saturated heterocycles. The van der Waals surface area contributed by atoms with Gasteiger partial charge in [-0.25, -0.2) is 0 Å². The first kappa shape index (κ1) is 17.5. The van der Waals surface area contributed by atoms with Gasteiger partial charge in [0.25, 0.3) is 5.91 Å². The van der Waals surface area contributed by atoms with Crippen LogP contribution >= 0.6 is 0 Å².